The van der Waals surface area contributed by atoms with E-state index in [0.29, 0.717) is 5.69 Å². The maximum atomic E-state index is 11.6. The van der Waals surface area contributed by atoms with Gasteiger partial charge in [-0.05, 0) is 33.6 Å². The first kappa shape index (κ1) is 13.2. The van der Waals surface area contributed by atoms with E-state index in [1.165, 1.54) is 24.4 Å². The zero-order chi connectivity index (χ0) is 13.8. The Hall–Kier alpha value is -2.21. The fourth-order valence-corrected chi connectivity index (χ4v) is 1.83. The van der Waals surface area contributed by atoms with Crippen molar-refractivity contribution in [2.45, 2.75) is 0 Å². The second-order valence-electron chi connectivity index (χ2n) is 3.69. The van der Waals surface area contributed by atoms with Crippen molar-refractivity contribution >= 4 is 33.5 Å². The van der Waals surface area contributed by atoms with Crippen LogP contribution in [0, 0.1) is 10.1 Å². The van der Waals surface area contributed by atoms with Crippen LogP contribution in [0.1, 0.15) is 5.56 Å². The number of rotatable bonds is 3. The topological polar surface area (TPSA) is 78.6 Å². The fourth-order valence-electron chi connectivity index (χ4n) is 1.45. The molecule has 0 saturated heterocycles. The van der Waals surface area contributed by atoms with Gasteiger partial charge in [0.05, 0.1) is 10.6 Å². The van der Waals surface area contributed by atoms with Crippen molar-refractivity contribution < 1.29 is 10.0 Å². The van der Waals surface area contributed by atoms with Gasteiger partial charge in [-0.3, -0.25) is 15.1 Å². The van der Waals surface area contributed by atoms with E-state index in [0.717, 1.165) is 4.47 Å². The minimum absolute atomic E-state index is 0.131. The summed E-state index contributed by atoms with van der Waals surface area (Å²) in [5, 5.41) is 22.2. The van der Waals surface area contributed by atoms with Crippen molar-refractivity contribution in [3.05, 3.63) is 62.6 Å². The molecule has 0 saturated carbocycles. The van der Waals surface area contributed by atoms with Crippen LogP contribution in [0.15, 0.2) is 51.9 Å². The molecule has 19 heavy (non-hydrogen) atoms. The van der Waals surface area contributed by atoms with E-state index >= 15 is 0 Å². The predicted octanol–water partition coefficient (Wildman–Crippen LogP) is 3.18. The number of hydrogen-bond acceptors (Lipinski definition) is 4. The smallest absolute Gasteiger partial charge is 0.270 e. The summed E-state index contributed by atoms with van der Waals surface area (Å²) in [5.74, 6) is -0.304. The molecule has 0 unspecified atom stereocenters. The van der Waals surface area contributed by atoms with Crippen molar-refractivity contribution in [2.75, 3.05) is 0 Å². The number of non-ortho nitro benzene ring substituents is 1. The average molecular weight is 320 g/mol. The van der Waals surface area contributed by atoms with Gasteiger partial charge in [-0.1, -0.05) is 23.9 Å². The van der Waals surface area contributed by atoms with Crippen LogP contribution in [0.2, 0.25) is 0 Å². The van der Waals surface area contributed by atoms with E-state index in [9.17, 15) is 15.2 Å². The molecule has 0 aliphatic carbocycles. The van der Waals surface area contributed by atoms with Gasteiger partial charge in [0, 0.05) is 22.8 Å². The van der Waals surface area contributed by atoms with Crippen molar-refractivity contribution in [2.24, 2.45) is 4.99 Å². The molecule has 0 amide bonds. The summed E-state index contributed by atoms with van der Waals surface area (Å²) in [6.45, 7) is 0. The minimum atomic E-state index is -0.546. The highest BCUT2D eigenvalue weighted by atomic mass is 79.9. The highest BCUT2D eigenvalue weighted by Gasteiger charge is 2.05. The third-order valence-electron chi connectivity index (χ3n) is 2.40. The van der Waals surface area contributed by atoms with E-state index < -0.39 is 4.92 Å². The number of nitro benzene ring substituents is 1. The summed E-state index contributed by atoms with van der Waals surface area (Å²) in [4.78, 5) is 14.2. The molecule has 96 valence electrons. The third-order valence-corrected chi connectivity index (χ3v) is 3.07. The summed E-state index contributed by atoms with van der Waals surface area (Å²) in [6, 6.07) is 10.8. The Bertz CT molecular complexity index is 656. The lowest BCUT2D eigenvalue weighted by molar-refractivity contribution is -0.385. The molecule has 2 rings (SSSR count). The average Bonchev–Trinajstić information content (AvgIpc) is 2.39. The molecule has 2 aromatic carbocycles. The molecule has 0 heterocycles. The lowest BCUT2D eigenvalue weighted by Crippen LogP contribution is -1.98. The number of benzene rings is 2. The number of para-hydroxylation sites is 1. The molecule has 0 aliphatic rings. The third kappa shape index (κ3) is 3.17. The Morgan fingerprint density at radius 3 is 2.63 bits per heavy atom. The summed E-state index contributed by atoms with van der Waals surface area (Å²) in [6.07, 6.45) is 1.33. The van der Waals surface area contributed by atoms with Crippen LogP contribution >= 0.6 is 15.9 Å². The largest absolute Gasteiger partial charge is 0.872 e. The van der Waals surface area contributed by atoms with Crippen molar-refractivity contribution in [3.8, 4) is 5.75 Å². The molecule has 0 aliphatic heterocycles. The molecular weight excluding hydrogens is 312 g/mol. The van der Waals surface area contributed by atoms with Crippen molar-refractivity contribution in [3.63, 3.8) is 0 Å². The van der Waals surface area contributed by atoms with Gasteiger partial charge in [0.15, 0.2) is 0 Å². The molecule has 6 heteroatoms. The molecule has 0 atom stereocenters. The predicted molar refractivity (Wildman–Crippen MR) is 73.9 cm³/mol. The van der Waals surface area contributed by atoms with Crippen LogP contribution in [-0.2, 0) is 0 Å². The van der Waals surface area contributed by atoms with Gasteiger partial charge in [-0.15, -0.1) is 0 Å². The molecule has 5 nitrogen and oxygen atoms in total. The number of halogens is 1. The normalized spacial score (nSPS) is 10.8. The van der Waals surface area contributed by atoms with Gasteiger partial charge >= 0.3 is 0 Å². The van der Waals surface area contributed by atoms with Gasteiger partial charge in [-0.2, -0.15) is 0 Å². The summed E-state index contributed by atoms with van der Waals surface area (Å²) >= 11 is 3.33. The minimum Gasteiger partial charge on any atom is -0.872 e. The highest BCUT2D eigenvalue weighted by Crippen LogP contribution is 2.25. The van der Waals surface area contributed by atoms with E-state index in [2.05, 4.69) is 20.9 Å². The summed E-state index contributed by atoms with van der Waals surface area (Å²) < 4.78 is 0.782. The molecule has 0 bridgehead atoms. The van der Waals surface area contributed by atoms with Crippen LogP contribution in [0.5, 0.6) is 5.75 Å². The van der Waals surface area contributed by atoms with Crippen LogP contribution < -0.4 is 5.11 Å². The van der Waals surface area contributed by atoms with Gasteiger partial charge in [0.1, 0.15) is 0 Å². The first-order chi connectivity index (χ1) is 9.08. The number of nitrogens with zero attached hydrogens (tertiary/aromatic N) is 2. The van der Waals surface area contributed by atoms with Crippen molar-refractivity contribution in [1.29, 1.82) is 0 Å². The highest BCUT2D eigenvalue weighted by molar-refractivity contribution is 9.10. The van der Waals surface area contributed by atoms with Crippen LogP contribution in [0.25, 0.3) is 0 Å². The van der Waals surface area contributed by atoms with E-state index in [1.807, 2.05) is 18.2 Å². The Kier molecular flexibility index (Phi) is 3.91. The fraction of sp³-hybridized carbons (Fsp3) is 0. The molecule has 0 fully saturated rings. The van der Waals surface area contributed by atoms with Crippen molar-refractivity contribution in [1.82, 2.24) is 0 Å². The summed E-state index contributed by atoms with van der Waals surface area (Å²) in [5.41, 5.74) is 0.700. The number of nitro groups is 1. The van der Waals surface area contributed by atoms with Crippen LogP contribution in [-0.4, -0.2) is 11.1 Å². The van der Waals surface area contributed by atoms with Gasteiger partial charge < -0.3 is 5.11 Å². The molecule has 0 radical (unpaired) electrons. The Labute approximate surface area is 117 Å². The second kappa shape index (κ2) is 5.62. The Morgan fingerprint density at radius 2 is 1.95 bits per heavy atom. The first-order valence-corrected chi connectivity index (χ1v) is 6.11. The number of aliphatic imine (C=N–C) groups is 1. The molecule has 0 aromatic heterocycles. The van der Waals surface area contributed by atoms with E-state index in [1.54, 1.807) is 6.07 Å². The maximum absolute atomic E-state index is 11.6. The zero-order valence-electron chi connectivity index (χ0n) is 9.62. The number of hydrogen-bond donors (Lipinski definition) is 0. The SMILES string of the molecule is O=[N+]([O-])c1ccc([O-])c(C=Nc2ccccc2Br)c1. The second-order valence-corrected chi connectivity index (χ2v) is 4.54. The molecule has 0 spiro atoms. The van der Waals surface area contributed by atoms with Gasteiger partial charge in [0.2, 0.25) is 0 Å². The lowest BCUT2D eigenvalue weighted by Gasteiger charge is -2.08. The van der Waals surface area contributed by atoms with Gasteiger partial charge in [-0.25, -0.2) is 0 Å². The molecule has 0 N–H and O–H groups in total. The van der Waals surface area contributed by atoms with Gasteiger partial charge in [0.25, 0.3) is 5.69 Å². The molecular formula is C13H8BrN2O3-. The monoisotopic (exact) mass is 319 g/mol. The standard InChI is InChI=1S/C13H9BrN2O3/c14-11-3-1-2-4-12(11)15-8-9-7-10(16(18)19)5-6-13(9)17/h1-8,17H/p-1. The maximum Gasteiger partial charge on any atom is 0.270 e. The first-order valence-electron chi connectivity index (χ1n) is 5.32. The Morgan fingerprint density at radius 1 is 1.21 bits per heavy atom. The quantitative estimate of drug-likeness (QED) is 0.495. The van der Waals surface area contributed by atoms with E-state index in [4.69, 9.17) is 0 Å². The Balaban J connectivity index is 2.35. The van der Waals surface area contributed by atoms with Crippen LogP contribution in [0.3, 0.4) is 0 Å². The zero-order valence-corrected chi connectivity index (χ0v) is 11.2. The lowest BCUT2D eigenvalue weighted by atomic mass is 10.2. The molecule has 2 aromatic rings. The van der Waals surface area contributed by atoms with E-state index in [-0.39, 0.29) is 17.0 Å². The van der Waals surface area contributed by atoms with Crippen LogP contribution in [0.4, 0.5) is 11.4 Å². The summed E-state index contributed by atoms with van der Waals surface area (Å²) in [7, 11) is 0.